The Morgan fingerprint density at radius 3 is 2.52 bits per heavy atom. The summed E-state index contributed by atoms with van der Waals surface area (Å²) in [7, 11) is 0. The molecule has 3 aromatic rings. The van der Waals surface area contributed by atoms with E-state index in [0.717, 1.165) is 29.8 Å². The molecule has 0 amide bonds. The van der Waals surface area contributed by atoms with Gasteiger partial charge in [0.25, 0.3) is 0 Å². The van der Waals surface area contributed by atoms with Crippen LogP contribution in [0.1, 0.15) is 19.2 Å². The fourth-order valence-electron chi connectivity index (χ4n) is 2.46. The van der Waals surface area contributed by atoms with Crippen LogP contribution in [0.4, 0.5) is 0 Å². The first kappa shape index (κ1) is 16.4. The third kappa shape index (κ3) is 3.57. The SMILES string of the molecule is CCCn1c(COc2ccc(Cl)cc2Cl)nc2ccc(Cl)cc21. The summed E-state index contributed by atoms with van der Waals surface area (Å²) in [5.41, 5.74) is 1.92. The van der Waals surface area contributed by atoms with Crippen LogP contribution in [0.3, 0.4) is 0 Å². The summed E-state index contributed by atoms with van der Waals surface area (Å²) in [6.07, 6.45) is 0.993. The Morgan fingerprint density at radius 2 is 1.78 bits per heavy atom. The molecule has 0 bridgehead atoms. The second-order valence-electron chi connectivity index (χ2n) is 5.18. The minimum Gasteiger partial charge on any atom is -0.484 e. The summed E-state index contributed by atoms with van der Waals surface area (Å²) < 4.78 is 7.95. The maximum Gasteiger partial charge on any atom is 0.147 e. The first-order valence-corrected chi connectivity index (χ1v) is 8.44. The number of fused-ring (bicyclic) bond motifs is 1. The zero-order valence-corrected chi connectivity index (χ0v) is 14.8. The molecule has 0 fully saturated rings. The van der Waals surface area contributed by atoms with Crippen molar-refractivity contribution in [1.29, 1.82) is 0 Å². The molecule has 1 aromatic heterocycles. The van der Waals surface area contributed by atoms with E-state index in [9.17, 15) is 0 Å². The van der Waals surface area contributed by atoms with Crippen molar-refractivity contribution >= 4 is 45.8 Å². The van der Waals surface area contributed by atoms with Crippen molar-refractivity contribution in [3.63, 3.8) is 0 Å². The molecule has 23 heavy (non-hydrogen) atoms. The lowest BCUT2D eigenvalue weighted by atomic mass is 10.3. The highest BCUT2D eigenvalue weighted by Crippen LogP contribution is 2.29. The van der Waals surface area contributed by atoms with E-state index in [1.54, 1.807) is 18.2 Å². The van der Waals surface area contributed by atoms with E-state index in [2.05, 4.69) is 16.5 Å². The van der Waals surface area contributed by atoms with E-state index in [1.165, 1.54) is 0 Å². The van der Waals surface area contributed by atoms with Gasteiger partial charge in [-0.3, -0.25) is 0 Å². The lowest BCUT2D eigenvalue weighted by molar-refractivity contribution is 0.290. The Bertz CT molecular complexity index is 845. The molecule has 1 heterocycles. The zero-order valence-electron chi connectivity index (χ0n) is 12.5. The summed E-state index contributed by atoms with van der Waals surface area (Å²) in [6, 6.07) is 10.9. The topological polar surface area (TPSA) is 27.1 Å². The number of hydrogen-bond acceptors (Lipinski definition) is 2. The summed E-state index contributed by atoms with van der Waals surface area (Å²) in [6.45, 7) is 3.30. The molecule has 0 unspecified atom stereocenters. The predicted molar refractivity (Wildman–Crippen MR) is 95.8 cm³/mol. The van der Waals surface area contributed by atoms with Gasteiger partial charge in [-0.25, -0.2) is 4.98 Å². The highest BCUT2D eigenvalue weighted by atomic mass is 35.5. The molecule has 0 saturated carbocycles. The molecule has 0 aliphatic carbocycles. The van der Waals surface area contributed by atoms with Crippen molar-refractivity contribution in [1.82, 2.24) is 9.55 Å². The molecule has 120 valence electrons. The maximum atomic E-state index is 6.14. The Morgan fingerprint density at radius 1 is 1.04 bits per heavy atom. The highest BCUT2D eigenvalue weighted by Gasteiger charge is 2.12. The average Bonchev–Trinajstić information content (AvgIpc) is 2.84. The third-order valence-electron chi connectivity index (χ3n) is 3.49. The van der Waals surface area contributed by atoms with Gasteiger partial charge >= 0.3 is 0 Å². The summed E-state index contributed by atoms with van der Waals surface area (Å²) >= 11 is 18.1. The molecule has 0 aliphatic rings. The van der Waals surface area contributed by atoms with Crippen LogP contribution in [-0.4, -0.2) is 9.55 Å². The Labute approximate surface area is 149 Å². The predicted octanol–water partition coefficient (Wildman–Crippen LogP) is 5.99. The normalized spacial score (nSPS) is 11.1. The van der Waals surface area contributed by atoms with Crippen molar-refractivity contribution in [2.75, 3.05) is 0 Å². The van der Waals surface area contributed by atoms with E-state index in [1.807, 2.05) is 18.2 Å². The van der Waals surface area contributed by atoms with Gasteiger partial charge in [0.1, 0.15) is 18.2 Å². The third-order valence-corrected chi connectivity index (χ3v) is 4.25. The van der Waals surface area contributed by atoms with Crippen LogP contribution >= 0.6 is 34.8 Å². The van der Waals surface area contributed by atoms with E-state index in [-0.39, 0.29) is 0 Å². The maximum absolute atomic E-state index is 6.14. The molecule has 0 aliphatic heterocycles. The summed E-state index contributed by atoms with van der Waals surface area (Å²) in [4.78, 5) is 4.64. The van der Waals surface area contributed by atoms with E-state index >= 15 is 0 Å². The van der Waals surface area contributed by atoms with Crippen molar-refractivity contribution in [3.8, 4) is 5.75 Å². The Hall–Kier alpha value is -1.42. The molecule has 3 nitrogen and oxygen atoms in total. The second kappa shape index (κ2) is 7.00. The van der Waals surface area contributed by atoms with Crippen molar-refractivity contribution in [2.45, 2.75) is 26.5 Å². The van der Waals surface area contributed by atoms with Gasteiger partial charge in [0.15, 0.2) is 0 Å². The smallest absolute Gasteiger partial charge is 0.147 e. The van der Waals surface area contributed by atoms with Crippen LogP contribution in [-0.2, 0) is 13.2 Å². The molecule has 3 rings (SSSR count). The van der Waals surface area contributed by atoms with Crippen LogP contribution in [0, 0.1) is 0 Å². The number of benzene rings is 2. The first-order chi connectivity index (χ1) is 11.1. The lowest BCUT2D eigenvalue weighted by Crippen LogP contribution is -2.07. The first-order valence-electron chi connectivity index (χ1n) is 7.31. The number of imidazole rings is 1. The number of hydrogen-bond donors (Lipinski definition) is 0. The van der Waals surface area contributed by atoms with Gasteiger partial charge < -0.3 is 9.30 Å². The Balaban J connectivity index is 1.91. The number of rotatable bonds is 5. The van der Waals surface area contributed by atoms with Crippen LogP contribution in [0.25, 0.3) is 11.0 Å². The van der Waals surface area contributed by atoms with Crippen molar-refractivity contribution in [3.05, 3.63) is 57.3 Å². The second-order valence-corrected chi connectivity index (χ2v) is 6.46. The fourth-order valence-corrected chi connectivity index (χ4v) is 3.09. The number of halogens is 3. The summed E-state index contributed by atoms with van der Waals surface area (Å²) in [5.74, 6) is 1.43. The van der Waals surface area contributed by atoms with Crippen molar-refractivity contribution < 1.29 is 4.74 Å². The summed E-state index contributed by atoms with van der Waals surface area (Å²) in [5, 5.41) is 1.76. The average molecular weight is 370 g/mol. The van der Waals surface area contributed by atoms with Crippen molar-refractivity contribution in [2.24, 2.45) is 0 Å². The minimum atomic E-state index is 0.327. The van der Waals surface area contributed by atoms with Crippen LogP contribution in [0.2, 0.25) is 15.1 Å². The molecule has 0 spiro atoms. The molecule has 0 N–H and O–H groups in total. The van der Waals surface area contributed by atoms with E-state index in [4.69, 9.17) is 39.5 Å². The van der Waals surface area contributed by atoms with Gasteiger partial charge in [-0.2, -0.15) is 0 Å². The molecular formula is C17H15Cl3N2O. The molecule has 0 atom stereocenters. The molecule has 0 saturated heterocycles. The lowest BCUT2D eigenvalue weighted by Gasteiger charge is -2.10. The number of aromatic nitrogens is 2. The van der Waals surface area contributed by atoms with Gasteiger partial charge in [-0.15, -0.1) is 0 Å². The largest absolute Gasteiger partial charge is 0.484 e. The van der Waals surface area contributed by atoms with Crippen LogP contribution < -0.4 is 4.74 Å². The van der Waals surface area contributed by atoms with Gasteiger partial charge in [0.05, 0.1) is 16.1 Å². The number of nitrogens with zero attached hydrogens (tertiary/aromatic N) is 2. The monoisotopic (exact) mass is 368 g/mol. The standard InChI is InChI=1S/C17H15Cl3N2O/c1-2-7-22-15-9-12(19)3-5-14(15)21-17(22)10-23-16-6-4-11(18)8-13(16)20/h3-6,8-9H,2,7,10H2,1H3. The van der Waals surface area contributed by atoms with Gasteiger partial charge in [-0.05, 0) is 42.8 Å². The van der Waals surface area contributed by atoms with Crippen LogP contribution in [0.15, 0.2) is 36.4 Å². The Kier molecular flexibility index (Phi) is 5.00. The van der Waals surface area contributed by atoms with Crippen LogP contribution in [0.5, 0.6) is 5.75 Å². The quantitative estimate of drug-likeness (QED) is 0.552. The van der Waals surface area contributed by atoms with Gasteiger partial charge in [0.2, 0.25) is 0 Å². The minimum absolute atomic E-state index is 0.327. The number of ether oxygens (including phenoxy) is 1. The molecule has 2 aromatic carbocycles. The van der Waals surface area contributed by atoms with Gasteiger partial charge in [0, 0.05) is 16.6 Å². The van der Waals surface area contributed by atoms with Gasteiger partial charge in [-0.1, -0.05) is 41.7 Å². The fraction of sp³-hybridized carbons (Fsp3) is 0.235. The zero-order chi connectivity index (χ0) is 16.4. The number of aryl methyl sites for hydroxylation is 1. The molecular weight excluding hydrogens is 355 g/mol. The molecule has 0 radical (unpaired) electrons. The molecule has 6 heteroatoms. The van der Waals surface area contributed by atoms with E-state index < -0.39 is 0 Å². The highest BCUT2D eigenvalue weighted by molar-refractivity contribution is 6.35. The van der Waals surface area contributed by atoms with E-state index in [0.29, 0.717) is 27.4 Å².